The highest BCUT2D eigenvalue weighted by Crippen LogP contribution is 2.48. The quantitative estimate of drug-likeness (QED) is 0.0810. The SMILES string of the molecule is COc1nc(N)nc2c1ncn2[C@@H]1O[C@H](COP(=O)(N[C@@H](C)C(=O)OCC(C)(C)C)Oc2ccc(Cl)cc2)[C@@H](O)[C@@]1(C)N=[N+]=[N-]. The summed E-state index contributed by atoms with van der Waals surface area (Å²) in [5.74, 6) is -0.593. The fourth-order valence-corrected chi connectivity index (χ4v) is 6.03. The lowest BCUT2D eigenvalue weighted by Gasteiger charge is -2.28. The van der Waals surface area contributed by atoms with Gasteiger partial charge in [-0.2, -0.15) is 15.1 Å². The number of methoxy groups -OCH3 is 1. The van der Waals surface area contributed by atoms with E-state index in [1.807, 2.05) is 20.8 Å². The highest BCUT2D eigenvalue weighted by molar-refractivity contribution is 7.52. The van der Waals surface area contributed by atoms with E-state index >= 15 is 0 Å². The first-order valence-corrected chi connectivity index (χ1v) is 15.6. The Morgan fingerprint density at radius 3 is 2.67 bits per heavy atom. The normalized spacial score (nSPS) is 23.6. The molecule has 3 aromatic rings. The number of benzene rings is 1. The fraction of sp³-hybridized carbons (Fsp3) is 0.538. The standard InChI is InChI=1S/C26H35ClN9O8P/c1-14(22(38)41-12-25(2,3)4)33-45(39,44-16-9-7-15(27)8-10-16)42-11-17-19(37)26(5,34-35-29)23(43-17)36-13-30-18-20(36)31-24(28)32-21(18)40-6/h7-10,13-14,17,19,23,37H,11-12H2,1-6H3,(H,33,39)(H2,28,31,32)/t14-,17+,19+,23+,26+,45?/m0/s1. The number of aliphatic hydroxyl groups excluding tert-OH is 1. The maximum Gasteiger partial charge on any atom is 0.459 e. The van der Waals surface area contributed by atoms with Crippen molar-refractivity contribution in [3.05, 3.63) is 46.1 Å². The number of halogens is 1. The van der Waals surface area contributed by atoms with Crippen LogP contribution in [0.1, 0.15) is 40.8 Å². The molecule has 0 amide bonds. The van der Waals surface area contributed by atoms with E-state index in [0.717, 1.165) is 0 Å². The smallest absolute Gasteiger partial charge is 0.459 e. The highest BCUT2D eigenvalue weighted by atomic mass is 35.5. The molecule has 0 radical (unpaired) electrons. The Labute approximate surface area is 263 Å². The van der Waals surface area contributed by atoms with Gasteiger partial charge in [0.25, 0.3) is 0 Å². The summed E-state index contributed by atoms with van der Waals surface area (Å²) in [6, 6.07) is 4.83. The number of azide groups is 1. The topological polar surface area (TPSA) is 231 Å². The molecule has 0 saturated carbocycles. The molecule has 45 heavy (non-hydrogen) atoms. The number of nitrogens with zero attached hydrogens (tertiary/aromatic N) is 7. The maximum atomic E-state index is 14.1. The number of imidazole rings is 1. The molecule has 17 nitrogen and oxygen atoms in total. The van der Waals surface area contributed by atoms with Crippen molar-refractivity contribution in [1.82, 2.24) is 24.6 Å². The number of anilines is 1. The van der Waals surface area contributed by atoms with Gasteiger partial charge in [-0.05, 0) is 49.1 Å². The van der Waals surface area contributed by atoms with Gasteiger partial charge >= 0.3 is 13.7 Å². The number of nitrogen functional groups attached to an aromatic ring is 1. The van der Waals surface area contributed by atoms with Crippen molar-refractivity contribution in [2.75, 3.05) is 26.1 Å². The summed E-state index contributed by atoms with van der Waals surface area (Å²) in [7, 11) is -2.98. The molecule has 0 spiro atoms. The minimum absolute atomic E-state index is 0.0988. The fourth-order valence-electron chi connectivity index (χ4n) is 4.40. The third-order valence-electron chi connectivity index (χ3n) is 6.67. The number of hydrogen-bond acceptors (Lipinski definition) is 13. The van der Waals surface area contributed by atoms with Crippen molar-refractivity contribution < 1.29 is 37.7 Å². The number of hydrogen-bond donors (Lipinski definition) is 3. The summed E-state index contributed by atoms with van der Waals surface area (Å²) < 4.78 is 43.6. The molecule has 244 valence electrons. The lowest BCUT2D eigenvalue weighted by molar-refractivity contribution is -0.148. The lowest BCUT2D eigenvalue weighted by Crippen LogP contribution is -2.43. The van der Waals surface area contributed by atoms with Crippen LogP contribution in [0.2, 0.25) is 5.02 Å². The van der Waals surface area contributed by atoms with E-state index in [1.165, 1.54) is 56.1 Å². The van der Waals surface area contributed by atoms with Gasteiger partial charge in [0.2, 0.25) is 11.8 Å². The van der Waals surface area contributed by atoms with E-state index in [-0.39, 0.29) is 40.8 Å². The van der Waals surface area contributed by atoms with E-state index in [4.69, 9.17) is 40.6 Å². The second-order valence-electron chi connectivity index (χ2n) is 11.7. The van der Waals surface area contributed by atoms with Crippen LogP contribution < -0.4 is 20.1 Å². The predicted octanol–water partition coefficient (Wildman–Crippen LogP) is 4.17. The number of carbonyl (C=O) groups is 1. The number of esters is 1. The molecular formula is C26H35ClN9O8P. The van der Waals surface area contributed by atoms with Crippen LogP contribution in [0.25, 0.3) is 21.6 Å². The van der Waals surface area contributed by atoms with E-state index in [1.54, 1.807) is 0 Å². The number of fused-ring (bicyclic) bond motifs is 1. The Morgan fingerprint density at radius 1 is 1.36 bits per heavy atom. The summed E-state index contributed by atoms with van der Waals surface area (Å²) in [5, 5.41) is 18.2. The number of aliphatic hydroxyl groups is 1. The summed E-state index contributed by atoms with van der Waals surface area (Å²) in [6.07, 6.45) is -2.56. The molecule has 1 aliphatic rings. The van der Waals surface area contributed by atoms with E-state index in [0.29, 0.717) is 5.02 Å². The maximum absolute atomic E-state index is 14.1. The second-order valence-corrected chi connectivity index (χ2v) is 13.8. The predicted molar refractivity (Wildman–Crippen MR) is 162 cm³/mol. The van der Waals surface area contributed by atoms with Crippen LogP contribution >= 0.6 is 19.3 Å². The Hall–Kier alpha value is -3.69. The average Bonchev–Trinajstić information content (AvgIpc) is 3.49. The molecule has 1 aliphatic heterocycles. The minimum atomic E-state index is -4.36. The van der Waals surface area contributed by atoms with E-state index in [2.05, 4.69) is 30.1 Å². The molecule has 2 aromatic heterocycles. The van der Waals surface area contributed by atoms with Gasteiger partial charge in [-0.25, -0.2) is 9.55 Å². The summed E-state index contributed by atoms with van der Waals surface area (Å²) >= 11 is 5.97. The van der Waals surface area contributed by atoms with Crippen LogP contribution in [0, 0.1) is 5.41 Å². The number of rotatable bonds is 12. The molecular weight excluding hydrogens is 633 g/mol. The first kappa shape index (κ1) is 34.2. The van der Waals surface area contributed by atoms with Gasteiger partial charge in [0.1, 0.15) is 23.4 Å². The van der Waals surface area contributed by atoms with Gasteiger partial charge < -0.3 is 29.6 Å². The molecule has 4 N–H and O–H groups in total. The first-order chi connectivity index (χ1) is 21.1. The number of aromatic nitrogens is 4. The van der Waals surface area contributed by atoms with Gasteiger partial charge in [0.15, 0.2) is 17.4 Å². The number of nitrogens with one attached hydrogen (secondary N) is 1. The highest BCUT2D eigenvalue weighted by Gasteiger charge is 2.55. The largest absolute Gasteiger partial charge is 0.479 e. The summed E-state index contributed by atoms with van der Waals surface area (Å²) in [6.45, 7) is 8.16. The van der Waals surface area contributed by atoms with Gasteiger partial charge in [-0.15, -0.1) is 0 Å². The zero-order chi connectivity index (χ0) is 33.2. The molecule has 0 aliphatic carbocycles. The molecule has 1 saturated heterocycles. The van der Waals surface area contributed by atoms with Gasteiger partial charge in [0.05, 0.1) is 32.8 Å². The van der Waals surface area contributed by atoms with Gasteiger partial charge in [0, 0.05) is 9.93 Å². The van der Waals surface area contributed by atoms with Crippen LogP contribution in [0.4, 0.5) is 5.95 Å². The minimum Gasteiger partial charge on any atom is -0.479 e. The molecule has 1 unspecified atom stereocenters. The first-order valence-electron chi connectivity index (χ1n) is 13.7. The Bertz CT molecular complexity index is 1630. The van der Waals surface area contributed by atoms with E-state index < -0.39 is 50.3 Å². The van der Waals surface area contributed by atoms with Crippen LogP contribution in [-0.4, -0.2) is 74.7 Å². The molecule has 1 aromatic carbocycles. The molecule has 1 fully saturated rings. The number of carbonyl (C=O) groups excluding carboxylic acids is 1. The van der Waals surface area contributed by atoms with Crippen LogP contribution in [0.3, 0.4) is 0 Å². The van der Waals surface area contributed by atoms with Gasteiger partial charge in [-0.3, -0.25) is 13.9 Å². The number of ether oxygens (including phenoxy) is 3. The third kappa shape index (κ3) is 7.76. The summed E-state index contributed by atoms with van der Waals surface area (Å²) in [4.78, 5) is 28.1. The Morgan fingerprint density at radius 2 is 2.04 bits per heavy atom. The van der Waals surface area contributed by atoms with Crippen molar-refractivity contribution in [2.45, 2.75) is 64.6 Å². The van der Waals surface area contributed by atoms with Crippen LogP contribution in [0.15, 0.2) is 35.7 Å². The van der Waals surface area contributed by atoms with Crippen molar-refractivity contribution in [1.29, 1.82) is 0 Å². The second kappa shape index (κ2) is 13.3. The van der Waals surface area contributed by atoms with Crippen molar-refractivity contribution in [3.8, 4) is 11.6 Å². The monoisotopic (exact) mass is 667 g/mol. The Kier molecular flexibility index (Phi) is 10.1. The summed E-state index contributed by atoms with van der Waals surface area (Å²) in [5.41, 5.74) is 13.7. The number of nitrogens with two attached hydrogens (primary N) is 1. The molecule has 6 atom stereocenters. The van der Waals surface area contributed by atoms with E-state index in [9.17, 15) is 20.0 Å². The van der Waals surface area contributed by atoms with Crippen LogP contribution in [0.5, 0.6) is 11.6 Å². The average molecular weight is 668 g/mol. The molecule has 4 rings (SSSR count). The van der Waals surface area contributed by atoms with Crippen molar-refractivity contribution in [3.63, 3.8) is 0 Å². The Balaban J connectivity index is 1.61. The van der Waals surface area contributed by atoms with Crippen LogP contribution in [-0.2, 0) is 23.4 Å². The lowest BCUT2D eigenvalue weighted by atomic mass is 9.93. The third-order valence-corrected chi connectivity index (χ3v) is 8.56. The molecule has 19 heteroatoms. The zero-order valence-electron chi connectivity index (χ0n) is 25.4. The van der Waals surface area contributed by atoms with Crippen molar-refractivity contribution in [2.24, 2.45) is 10.5 Å². The zero-order valence-corrected chi connectivity index (χ0v) is 27.1. The molecule has 3 heterocycles. The van der Waals surface area contributed by atoms with Gasteiger partial charge in [-0.1, -0.05) is 37.5 Å². The molecule has 0 bridgehead atoms. The van der Waals surface area contributed by atoms with Crippen molar-refractivity contribution >= 4 is 42.4 Å².